The van der Waals surface area contributed by atoms with Crippen molar-refractivity contribution in [3.63, 3.8) is 0 Å². The zero-order valence-corrected chi connectivity index (χ0v) is 12.4. The second-order valence-corrected chi connectivity index (χ2v) is 6.18. The van der Waals surface area contributed by atoms with E-state index in [9.17, 15) is 0 Å². The maximum atomic E-state index is 5.91. The Bertz CT molecular complexity index is 360. The Morgan fingerprint density at radius 3 is 2.50 bits per heavy atom. The van der Waals surface area contributed by atoms with Crippen LogP contribution in [0.15, 0.2) is 35.3 Å². The number of benzene rings is 1. The lowest BCUT2D eigenvalue weighted by Gasteiger charge is -2.11. The van der Waals surface area contributed by atoms with Gasteiger partial charge in [-0.3, -0.25) is 4.99 Å². The molecule has 1 aromatic carbocycles. The van der Waals surface area contributed by atoms with Gasteiger partial charge in [0.05, 0.1) is 0 Å². The third-order valence-corrected chi connectivity index (χ3v) is 3.56. The smallest absolute Gasteiger partial charge is 0.154 e. The Morgan fingerprint density at radius 1 is 1.22 bits per heavy atom. The van der Waals surface area contributed by atoms with Gasteiger partial charge in [0, 0.05) is 12.3 Å². The van der Waals surface area contributed by atoms with Crippen molar-refractivity contribution in [2.45, 2.75) is 32.9 Å². The maximum absolute atomic E-state index is 5.91. The van der Waals surface area contributed by atoms with Crippen LogP contribution in [0.1, 0.15) is 32.8 Å². The molecule has 0 amide bonds. The van der Waals surface area contributed by atoms with Gasteiger partial charge in [0.25, 0.3) is 0 Å². The molecule has 0 saturated heterocycles. The van der Waals surface area contributed by atoms with Gasteiger partial charge in [-0.05, 0) is 23.8 Å². The number of hydrogen-bond donors (Lipinski definition) is 1. The fourth-order valence-electron chi connectivity index (χ4n) is 1.90. The van der Waals surface area contributed by atoms with Crippen molar-refractivity contribution >= 4 is 16.9 Å². The molecule has 1 atom stereocenters. The number of hydrogen-bond acceptors (Lipinski definition) is 2. The van der Waals surface area contributed by atoms with E-state index in [0.29, 0.717) is 11.1 Å². The van der Waals surface area contributed by atoms with Crippen molar-refractivity contribution in [1.29, 1.82) is 0 Å². The summed E-state index contributed by atoms with van der Waals surface area (Å²) < 4.78 is 0. The number of nitrogens with two attached hydrogens (primary N) is 1. The van der Waals surface area contributed by atoms with Gasteiger partial charge in [-0.25, -0.2) is 0 Å². The number of aliphatic imine (C=N–C) groups is 1. The molecule has 3 heteroatoms. The number of amidine groups is 1. The van der Waals surface area contributed by atoms with Crippen LogP contribution < -0.4 is 5.73 Å². The summed E-state index contributed by atoms with van der Waals surface area (Å²) in [6.45, 7) is 7.56. The van der Waals surface area contributed by atoms with Crippen molar-refractivity contribution in [3.8, 4) is 0 Å². The lowest BCUT2D eigenvalue weighted by atomic mass is 9.99. The van der Waals surface area contributed by atoms with E-state index in [1.54, 1.807) is 11.8 Å². The highest BCUT2D eigenvalue weighted by atomic mass is 32.2. The Hall–Kier alpha value is -0.960. The number of nitrogens with zero attached hydrogens (tertiary/aromatic N) is 1. The summed E-state index contributed by atoms with van der Waals surface area (Å²) in [6.07, 6.45) is 1.21. The monoisotopic (exact) mass is 264 g/mol. The summed E-state index contributed by atoms with van der Waals surface area (Å²) in [6, 6.07) is 10.4. The second-order valence-electron chi connectivity index (χ2n) is 5.19. The molecule has 100 valence electrons. The highest BCUT2D eigenvalue weighted by Gasteiger charge is 2.04. The summed E-state index contributed by atoms with van der Waals surface area (Å²) in [4.78, 5) is 4.45. The predicted molar refractivity (Wildman–Crippen MR) is 82.8 cm³/mol. The average molecular weight is 264 g/mol. The molecule has 0 fully saturated rings. The van der Waals surface area contributed by atoms with E-state index in [4.69, 9.17) is 5.73 Å². The fraction of sp³-hybridized carbons (Fsp3) is 0.533. The van der Waals surface area contributed by atoms with Gasteiger partial charge >= 0.3 is 0 Å². The Balaban J connectivity index is 2.30. The minimum absolute atomic E-state index is 0.612. The lowest BCUT2D eigenvalue weighted by Crippen LogP contribution is -2.11. The number of rotatable bonds is 6. The Labute approximate surface area is 115 Å². The molecule has 1 rings (SSSR count). The second kappa shape index (κ2) is 8.20. The molecule has 18 heavy (non-hydrogen) atoms. The van der Waals surface area contributed by atoms with E-state index in [2.05, 4.69) is 37.9 Å². The van der Waals surface area contributed by atoms with Crippen molar-refractivity contribution in [3.05, 3.63) is 35.9 Å². The first-order chi connectivity index (χ1) is 8.58. The van der Waals surface area contributed by atoms with Crippen molar-refractivity contribution in [2.75, 3.05) is 6.54 Å². The zero-order chi connectivity index (χ0) is 13.4. The van der Waals surface area contributed by atoms with Gasteiger partial charge in [0.15, 0.2) is 5.17 Å². The largest absolute Gasteiger partial charge is 0.379 e. The van der Waals surface area contributed by atoms with Crippen molar-refractivity contribution in [1.82, 2.24) is 0 Å². The molecule has 0 bridgehead atoms. The topological polar surface area (TPSA) is 38.4 Å². The summed E-state index contributed by atoms with van der Waals surface area (Å²) in [7, 11) is 0. The molecule has 0 radical (unpaired) electrons. The van der Waals surface area contributed by atoms with Crippen LogP contribution in [-0.2, 0) is 5.75 Å². The summed E-state index contributed by atoms with van der Waals surface area (Å²) >= 11 is 1.62. The molecule has 0 aliphatic rings. The number of thioether (sulfide) groups is 1. The first-order valence-electron chi connectivity index (χ1n) is 6.54. The highest BCUT2D eigenvalue weighted by molar-refractivity contribution is 8.13. The normalized spacial score (nSPS) is 13.9. The van der Waals surface area contributed by atoms with Crippen LogP contribution in [0, 0.1) is 11.8 Å². The molecule has 0 aliphatic heterocycles. The van der Waals surface area contributed by atoms with Crippen LogP contribution in [0.4, 0.5) is 0 Å². The van der Waals surface area contributed by atoms with Crippen LogP contribution in [0.5, 0.6) is 0 Å². The molecule has 0 aliphatic carbocycles. The van der Waals surface area contributed by atoms with E-state index in [0.717, 1.165) is 18.2 Å². The molecule has 2 nitrogen and oxygen atoms in total. The molecule has 0 saturated carbocycles. The van der Waals surface area contributed by atoms with Crippen molar-refractivity contribution in [2.24, 2.45) is 22.6 Å². The minimum atomic E-state index is 0.612. The standard InChI is InChI=1S/C15H24N2S/c1-12(2)9-13(3)10-17-15(16)18-11-14-7-5-4-6-8-14/h4-8,12-13H,9-11H2,1-3H3,(H2,16,17). The van der Waals surface area contributed by atoms with Crippen LogP contribution in [-0.4, -0.2) is 11.7 Å². The van der Waals surface area contributed by atoms with Crippen LogP contribution in [0.3, 0.4) is 0 Å². The molecular formula is C15H24N2S. The summed E-state index contributed by atoms with van der Waals surface area (Å²) in [5, 5.41) is 0.703. The fourth-order valence-corrected chi connectivity index (χ4v) is 2.58. The molecule has 0 aromatic heterocycles. The Kier molecular flexibility index (Phi) is 6.88. The van der Waals surface area contributed by atoms with Gasteiger partial charge in [-0.2, -0.15) is 0 Å². The van der Waals surface area contributed by atoms with Gasteiger partial charge in [-0.15, -0.1) is 0 Å². The molecule has 1 unspecified atom stereocenters. The minimum Gasteiger partial charge on any atom is -0.379 e. The summed E-state index contributed by atoms with van der Waals surface area (Å²) in [5.74, 6) is 2.24. The van der Waals surface area contributed by atoms with E-state index in [1.807, 2.05) is 18.2 Å². The molecule has 0 spiro atoms. The predicted octanol–water partition coefficient (Wildman–Crippen LogP) is 3.92. The highest BCUT2D eigenvalue weighted by Crippen LogP contribution is 2.14. The Morgan fingerprint density at radius 2 is 1.89 bits per heavy atom. The quantitative estimate of drug-likeness (QED) is 0.625. The summed E-state index contributed by atoms with van der Waals surface area (Å²) in [5.41, 5.74) is 7.20. The third-order valence-electron chi connectivity index (χ3n) is 2.66. The van der Waals surface area contributed by atoms with Crippen molar-refractivity contribution < 1.29 is 0 Å². The van der Waals surface area contributed by atoms with Gasteiger partial charge in [0.1, 0.15) is 0 Å². The van der Waals surface area contributed by atoms with Gasteiger partial charge < -0.3 is 5.73 Å². The molecule has 2 N–H and O–H groups in total. The lowest BCUT2D eigenvalue weighted by molar-refractivity contribution is 0.448. The zero-order valence-electron chi connectivity index (χ0n) is 11.6. The van der Waals surface area contributed by atoms with Gasteiger partial charge in [0.2, 0.25) is 0 Å². The van der Waals surface area contributed by atoms with Crippen LogP contribution in [0.25, 0.3) is 0 Å². The van der Waals surface area contributed by atoms with E-state index in [1.165, 1.54) is 12.0 Å². The average Bonchev–Trinajstić information content (AvgIpc) is 2.34. The SMILES string of the molecule is CC(C)CC(C)CN=C(N)SCc1ccccc1. The van der Waals surface area contributed by atoms with E-state index < -0.39 is 0 Å². The van der Waals surface area contributed by atoms with Crippen LogP contribution in [0.2, 0.25) is 0 Å². The van der Waals surface area contributed by atoms with Gasteiger partial charge in [-0.1, -0.05) is 62.9 Å². The molecule has 0 heterocycles. The van der Waals surface area contributed by atoms with E-state index >= 15 is 0 Å². The first kappa shape index (κ1) is 15.1. The third kappa shape index (κ3) is 6.70. The molecule has 1 aromatic rings. The maximum Gasteiger partial charge on any atom is 0.154 e. The molecular weight excluding hydrogens is 240 g/mol. The van der Waals surface area contributed by atoms with E-state index in [-0.39, 0.29) is 0 Å². The first-order valence-corrected chi connectivity index (χ1v) is 7.53. The van der Waals surface area contributed by atoms with Crippen LogP contribution >= 0.6 is 11.8 Å².